The monoisotopic (exact) mass is 512 g/mol. The van der Waals surface area contributed by atoms with Gasteiger partial charge in [-0.3, -0.25) is 4.98 Å². The number of furan rings is 1. The first-order chi connectivity index (χ1) is 18.0. The summed E-state index contributed by atoms with van der Waals surface area (Å²) in [6.07, 6.45) is 1.46. The number of nitrogens with one attached hydrogen (secondary N) is 1. The van der Waals surface area contributed by atoms with Crippen LogP contribution in [0.4, 0.5) is 0 Å². The van der Waals surface area contributed by atoms with Crippen LogP contribution in [0.2, 0.25) is 0 Å². The molecule has 0 atom stereocenters. The number of benzene rings is 2. The van der Waals surface area contributed by atoms with E-state index >= 15 is 0 Å². The molecule has 4 rings (SSSR count). The van der Waals surface area contributed by atoms with Gasteiger partial charge in [-0.2, -0.15) is 0 Å². The Balaban J connectivity index is 1.87. The maximum Gasteiger partial charge on any atom is 0.347 e. The van der Waals surface area contributed by atoms with Crippen molar-refractivity contribution in [1.29, 1.82) is 0 Å². The number of H-pyrrole nitrogens is 1. The fraction of sp³-hybridized carbons (Fsp3) is 0.308. The molecule has 0 saturated carbocycles. The van der Waals surface area contributed by atoms with E-state index in [4.69, 9.17) is 37.6 Å². The van der Waals surface area contributed by atoms with Crippen LogP contribution in [-0.4, -0.2) is 65.5 Å². The van der Waals surface area contributed by atoms with Crippen molar-refractivity contribution in [1.82, 2.24) is 9.97 Å². The Morgan fingerprint density at radius 3 is 2.19 bits per heavy atom. The number of hydrogen-bond donors (Lipinski definition) is 1. The van der Waals surface area contributed by atoms with Crippen LogP contribution in [0.3, 0.4) is 0 Å². The topological polar surface area (TPSA) is 124 Å². The minimum absolute atomic E-state index is 0.000276. The molecule has 196 valence electrons. The second kappa shape index (κ2) is 11.7. The van der Waals surface area contributed by atoms with Gasteiger partial charge in [-0.1, -0.05) is 0 Å². The largest absolute Gasteiger partial charge is 0.493 e. The standard InChI is InChI=1S/C26H28N2O9/c1-30-8-9-35-14-36-19-10-15(6-7-18(19)31-2)23-22(17-13-27-26(29)28-25(17)37-23)16-11-20(32-3)24(34-5)21(12-16)33-4/h6-7,10-13H,8-9,14H2,1-5H3,(H,27,28,29). The molecular formula is C26H28N2O9. The zero-order valence-corrected chi connectivity index (χ0v) is 21.2. The third kappa shape index (κ3) is 5.32. The number of ether oxygens (including phenoxy) is 7. The summed E-state index contributed by atoms with van der Waals surface area (Å²) in [6.45, 7) is 0.831. The van der Waals surface area contributed by atoms with Gasteiger partial charge in [0.1, 0.15) is 5.76 Å². The van der Waals surface area contributed by atoms with E-state index in [1.807, 2.05) is 6.07 Å². The molecule has 0 spiro atoms. The van der Waals surface area contributed by atoms with Crippen LogP contribution in [0.1, 0.15) is 0 Å². The third-order valence-electron chi connectivity index (χ3n) is 5.59. The highest BCUT2D eigenvalue weighted by atomic mass is 16.7. The van der Waals surface area contributed by atoms with Crippen LogP contribution in [0, 0.1) is 0 Å². The summed E-state index contributed by atoms with van der Waals surface area (Å²) in [7, 11) is 7.75. The number of nitrogens with zero attached hydrogens (tertiary/aromatic N) is 1. The molecule has 2 aromatic carbocycles. The molecule has 0 saturated heterocycles. The smallest absolute Gasteiger partial charge is 0.347 e. The fourth-order valence-electron chi connectivity index (χ4n) is 3.86. The van der Waals surface area contributed by atoms with E-state index in [1.54, 1.807) is 38.5 Å². The third-order valence-corrected chi connectivity index (χ3v) is 5.59. The Morgan fingerprint density at radius 1 is 0.838 bits per heavy atom. The lowest BCUT2D eigenvalue weighted by atomic mass is 9.98. The average molecular weight is 513 g/mol. The first-order valence-corrected chi connectivity index (χ1v) is 11.2. The lowest BCUT2D eigenvalue weighted by Gasteiger charge is -2.15. The van der Waals surface area contributed by atoms with Crippen molar-refractivity contribution >= 4 is 11.1 Å². The molecule has 0 aliphatic carbocycles. The highest BCUT2D eigenvalue weighted by molar-refractivity contribution is 6.00. The molecular weight excluding hydrogens is 484 g/mol. The molecule has 0 bridgehead atoms. The van der Waals surface area contributed by atoms with Crippen LogP contribution in [0.15, 0.2) is 45.7 Å². The molecule has 11 nitrogen and oxygen atoms in total. The van der Waals surface area contributed by atoms with E-state index in [2.05, 4.69) is 9.97 Å². The zero-order chi connectivity index (χ0) is 26.4. The molecule has 4 aromatic rings. The Morgan fingerprint density at radius 2 is 1.54 bits per heavy atom. The van der Waals surface area contributed by atoms with E-state index in [0.717, 1.165) is 0 Å². The fourth-order valence-corrected chi connectivity index (χ4v) is 3.86. The van der Waals surface area contributed by atoms with Crippen LogP contribution in [0.5, 0.6) is 28.7 Å². The lowest BCUT2D eigenvalue weighted by molar-refractivity contribution is -0.00942. The maximum absolute atomic E-state index is 11.9. The molecule has 0 unspecified atom stereocenters. The predicted molar refractivity (Wildman–Crippen MR) is 135 cm³/mol. The summed E-state index contributed by atoms with van der Waals surface area (Å²) in [5.74, 6) is 2.78. The van der Waals surface area contributed by atoms with Gasteiger partial charge in [0.05, 0.1) is 47.0 Å². The van der Waals surface area contributed by atoms with E-state index in [9.17, 15) is 4.79 Å². The van der Waals surface area contributed by atoms with E-state index < -0.39 is 5.69 Å². The summed E-state index contributed by atoms with van der Waals surface area (Å²) in [5.41, 5.74) is 1.74. The number of fused-ring (bicyclic) bond motifs is 1. The number of rotatable bonds is 12. The van der Waals surface area contributed by atoms with E-state index in [1.165, 1.54) is 27.5 Å². The van der Waals surface area contributed by atoms with Gasteiger partial charge in [-0.15, -0.1) is 0 Å². The predicted octanol–water partition coefficient (Wildman–Crippen LogP) is 3.88. The Bertz CT molecular complexity index is 1400. The summed E-state index contributed by atoms with van der Waals surface area (Å²) < 4.78 is 44.4. The maximum atomic E-state index is 11.9. The molecule has 2 heterocycles. The van der Waals surface area contributed by atoms with Crippen molar-refractivity contribution in [3.63, 3.8) is 0 Å². The van der Waals surface area contributed by atoms with Crippen molar-refractivity contribution in [2.24, 2.45) is 0 Å². The molecule has 0 aliphatic rings. The summed E-state index contributed by atoms with van der Waals surface area (Å²) in [4.78, 5) is 18.5. The average Bonchev–Trinajstić information content (AvgIpc) is 3.30. The Hall–Kier alpha value is -4.22. The van der Waals surface area contributed by atoms with Gasteiger partial charge in [-0.25, -0.2) is 9.78 Å². The van der Waals surface area contributed by atoms with Crippen LogP contribution < -0.4 is 29.4 Å². The van der Waals surface area contributed by atoms with Crippen LogP contribution in [-0.2, 0) is 9.47 Å². The molecule has 1 N–H and O–H groups in total. The molecule has 0 radical (unpaired) electrons. The zero-order valence-electron chi connectivity index (χ0n) is 21.2. The molecule has 11 heteroatoms. The van der Waals surface area contributed by atoms with Crippen molar-refractivity contribution in [2.45, 2.75) is 0 Å². The van der Waals surface area contributed by atoms with Gasteiger partial charge in [0.25, 0.3) is 0 Å². The van der Waals surface area contributed by atoms with Gasteiger partial charge < -0.3 is 37.6 Å². The molecule has 0 fully saturated rings. The van der Waals surface area contributed by atoms with Gasteiger partial charge >= 0.3 is 5.69 Å². The molecule has 2 aromatic heterocycles. The Kier molecular flexibility index (Phi) is 8.16. The number of hydrogen-bond acceptors (Lipinski definition) is 10. The summed E-state index contributed by atoms with van der Waals surface area (Å²) >= 11 is 0. The molecule has 0 aliphatic heterocycles. The van der Waals surface area contributed by atoms with Crippen molar-refractivity contribution < 1.29 is 37.6 Å². The quantitative estimate of drug-likeness (QED) is 0.221. The summed E-state index contributed by atoms with van der Waals surface area (Å²) in [5, 5.41) is 0.588. The van der Waals surface area contributed by atoms with Gasteiger partial charge in [0, 0.05) is 24.4 Å². The highest BCUT2D eigenvalue weighted by Gasteiger charge is 2.23. The number of aromatic amines is 1. The summed E-state index contributed by atoms with van der Waals surface area (Å²) in [6, 6.07) is 8.94. The van der Waals surface area contributed by atoms with E-state index in [0.29, 0.717) is 69.8 Å². The highest BCUT2D eigenvalue weighted by Crippen LogP contribution is 2.47. The first kappa shape index (κ1) is 25.9. The van der Waals surface area contributed by atoms with Crippen LogP contribution >= 0.6 is 0 Å². The molecule has 0 amide bonds. The Labute approximate surface area is 212 Å². The van der Waals surface area contributed by atoms with Crippen LogP contribution in [0.25, 0.3) is 33.6 Å². The van der Waals surface area contributed by atoms with E-state index in [-0.39, 0.29) is 12.5 Å². The van der Waals surface area contributed by atoms with Gasteiger partial charge in [0.15, 0.2) is 29.8 Å². The van der Waals surface area contributed by atoms with Crippen molar-refractivity contribution in [3.05, 3.63) is 47.0 Å². The van der Waals surface area contributed by atoms with Crippen molar-refractivity contribution in [2.75, 3.05) is 55.6 Å². The van der Waals surface area contributed by atoms with Gasteiger partial charge in [-0.05, 0) is 35.9 Å². The van der Waals surface area contributed by atoms with Crippen molar-refractivity contribution in [3.8, 4) is 51.2 Å². The lowest BCUT2D eigenvalue weighted by Crippen LogP contribution is -2.08. The number of methoxy groups -OCH3 is 5. The SMILES string of the molecule is COCCOCOc1cc(-c2oc3[nH]c(=O)ncc3c2-c2cc(OC)c(OC)c(OC)c2)ccc1OC. The minimum Gasteiger partial charge on any atom is -0.493 e. The molecule has 37 heavy (non-hydrogen) atoms. The second-order valence-electron chi connectivity index (χ2n) is 7.68. The number of aromatic nitrogens is 2. The normalized spacial score (nSPS) is 10.9. The minimum atomic E-state index is -0.531. The first-order valence-electron chi connectivity index (χ1n) is 11.2. The van der Waals surface area contributed by atoms with Gasteiger partial charge in [0.2, 0.25) is 11.5 Å². The second-order valence-corrected chi connectivity index (χ2v) is 7.68.